The fourth-order valence-corrected chi connectivity index (χ4v) is 9.98. The molecule has 0 saturated carbocycles. The lowest BCUT2D eigenvalue weighted by Gasteiger charge is -2.29. The van der Waals surface area contributed by atoms with Gasteiger partial charge < -0.3 is 4.90 Å². The largest absolute Gasteiger partial charge is 0.310 e. The van der Waals surface area contributed by atoms with Crippen LogP contribution in [0.25, 0.3) is 76.5 Å². The Morgan fingerprint density at radius 2 is 0.867 bits per heavy atom. The SMILES string of the molecule is CC(C)(C)c1ccc(N(c2ccccc2)c2ccc3c(c2)C(C)(C)c2cc(-c4cc5cc(-c6ccc7ccccc7c6)c6ccccc6c5c5ccccc45)ccc2-3)cc1. The molecule has 1 aliphatic rings. The predicted molar refractivity (Wildman–Crippen MR) is 258 cm³/mol. The zero-order valence-electron chi connectivity index (χ0n) is 34.9. The van der Waals surface area contributed by atoms with Crippen molar-refractivity contribution in [2.24, 2.45) is 0 Å². The predicted octanol–water partition coefficient (Wildman–Crippen LogP) is 16.7. The van der Waals surface area contributed by atoms with Crippen LogP contribution in [0.2, 0.25) is 0 Å². The number of hydrogen-bond acceptors (Lipinski definition) is 1. The van der Waals surface area contributed by atoms with Gasteiger partial charge in [0.15, 0.2) is 0 Å². The van der Waals surface area contributed by atoms with Crippen LogP contribution >= 0.6 is 0 Å². The van der Waals surface area contributed by atoms with Crippen molar-refractivity contribution in [3.63, 3.8) is 0 Å². The van der Waals surface area contributed by atoms with Crippen LogP contribution in [0.1, 0.15) is 51.3 Å². The summed E-state index contributed by atoms with van der Waals surface area (Å²) < 4.78 is 0. The van der Waals surface area contributed by atoms with E-state index in [-0.39, 0.29) is 10.8 Å². The lowest BCUT2D eigenvalue weighted by molar-refractivity contribution is 0.590. The summed E-state index contributed by atoms with van der Waals surface area (Å²) in [4.78, 5) is 2.40. The van der Waals surface area contributed by atoms with Crippen molar-refractivity contribution >= 4 is 60.2 Å². The molecule has 1 heteroatoms. The molecule has 0 fully saturated rings. The van der Waals surface area contributed by atoms with Crippen LogP contribution < -0.4 is 4.90 Å². The van der Waals surface area contributed by atoms with Crippen molar-refractivity contribution < 1.29 is 0 Å². The van der Waals surface area contributed by atoms with Gasteiger partial charge >= 0.3 is 0 Å². The molecule has 288 valence electrons. The summed E-state index contributed by atoms with van der Waals surface area (Å²) in [5, 5.41) is 10.2. The van der Waals surface area contributed by atoms with Crippen molar-refractivity contribution in [2.75, 3.05) is 4.90 Å². The quantitative estimate of drug-likeness (QED) is 0.158. The van der Waals surface area contributed by atoms with Crippen LogP contribution in [-0.4, -0.2) is 0 Å². The summed E-state index contributed by atoms with van der Waals surface area (Å²) in [6.45, 7) is 11.6. The van der Waals surface area contributed by atoms with E-state index in [1.54, 1.807) is 0 Å². The molecule has 0 heterocycles. The Balaban J connectivity index is 1.05. The Bertz CT molecular complexity index is 3310. The smallest absolute Gasteiger partial charge is 0.0465 e. The number of hydrogen-bond donors (Lipinski definition) is 0. The normalized spacial score (nSPS) is 13.2. The van der Waals surface area contributed by atoms with Crippen LogP contribution in [0.3, 0.4) is 0 Å². The van der Waals surface area contributed by atoms with Crippen LogP contribution in [0, 0.1) is 0 Å². The average Bonchev–Trinajstić information content (AvgIpc) is 3.50. The van der Waals surface area contributed by atoms with Gasteiger partial charge in [0.05, 0.1) is 0 Å². The summed E-state index contributed by atoms with van der Waals surface area (Å²) in [5.41, 5.74) is 15.1. The average molecular weight is 770 g/mol. The number of benzene rings is 10. The molecule has 11 rings (SSSR count). The van der Waals surface area contributed by atoms with Gasteiger partial charge in [0, 0.05) is 22.5 Å². The van der Waals surface area contributed by atoms with Crippen molar-refractivity contribution in [1.29, 1.82) is 0 Å². The van der Waals surface area contributed by atoms with E-state index in [0.29, 0.717) is 0 Å². The van der Waals surface area contributed by atoms with Gasteiger partial charge in [0.1, 0.15) is 0 Å². The fraction of sp³-hybridized carbons (Fsp3) is 0.119. The Morgan fingerprint density at radius 3 is 1.52 bits per heavy atom. The summed E-state index contributed by atoms with van der Waals surface area (Å²) in [7, 11) is 0. The van der Waals surface area contributed by atoms with Gasteiger partial charge in [0.2, 0.25) is 0 Å². The zero-order valence-corrected chi connectivity index (χ0v) is 34.9. The summed E-state index contributed by atoms with van der Waals surface area (Å²) in [5.74, 6) is 0. The van der Waals surface area contributed by atoms with Crippen molar-refractivity contribution in [2.45, 2.75) is 45.4 Å². The highest BCUT2D eigenvalue weighted by Gasteiger charge is 2.36. The molecule has 60 heavy (non-hydrogen) atoms. The highest BCUT2D eigenvalue weighted by Crippen LogP contribution is 2.52. The first-order valence-corrected chi connectivity index (χ1v) is 21.3. The van der Waals surface area contributed by atoms with E-state index in [1.807, 2.05) is 0 Å². The number of nitrogens with zero attached hydrogens (tertiary/aromatic N) is 1. The molecule has 10 aromatic rings. The summed E-state index contributed by atoms with van der Waals surface area (Å²) in [6, 6.07) is 72.5. The van der Waals surface area contributed by atoms with Gasteiger partial charge in [0.25, 0.3) is 0 Å². The molecule has 0 amide bonds. The molecular weight excluding hydrogens is 723 g/mol. The Labute approximate surface area is 353 Å². The van der Waals surface area contributed by atoms with Crippen molar-refractivity contribution in [3.05, 3.63) is 211 Å². The van der Waals surface area contributed by atoms with Gasteiger partial charge in [-0.15, -0.1) is 0 Å². The lowest BCUT2D eigenvalue weighted by atomic mass is 9.81. The maximum atomic E-state index is 2.48. The monoisotopic (exact) mass is 769 g/mol. The number of rotatable bonds is 5. The molecule has 0 atom stereocenters. The maximum Gasteiger partial charge on any atom is 0.0465 e. The molecule has 10 aromatic carbocycles. The summed E-state index contributed by atoms with van der Waals surface area (Å²) >= 11 is 0. The molecule has 0 spiro atoms. The minimum absolute atomic E-state index is 0.0900. The maximum absolute atomic E-state index is 2.48. The first-order valence-electron chi connectivity index (χ1n) is 21.3. The van der Waals surface area contributed by atoms with Gasteiger partial charge in [-0.3, -0.25) is 0 Å². The second kappa shape index (κ2) is 13.5. The first-order chi connectivity index (χ1) is 29.1. The topological polar surface area (TPSA) is 3.24 Å². The Kier molecular flexibility index (Phi) is 8.16. The minimum atomic E-state index is -0.207. The lowest BCUT2D eigenvalue weighted by Crippen LogP contribution is -2.17. The Morgan fingerprint density at radius 1 is 0.367 bits per heavy atom. The van der Waals surface area contributed by atoms with E-state index < -0.39 is 0 Å². The van der Waals surface area contributed by atoms with Crippen LogP contribution in [0.4, 0.5) is 17.1 Å². The molecule has 1 nitrogen and oxygen atoms in total. The Hall–Kier alpha value is -6.96. The van der Waals surface area contributed by atoms with Gasteiger partial charge in [-0.1, -0.05) is 168 Å². The van der Waals surface area contributed by atoms with Gasteiger partial charge in [-0.05, 0) is 159 Å². The molecule has 0 aromatic heterocycles. The highest BCUT2D eigenvalue weighted by atomic mass is 15.1. The van der Waals surface area contributed by atoms with Gasteiger partial charge in [-0.25, -0.2) is 0 Å². The second-order valence-corrected chi connectivity index (χ2v) is 18.2. The van der Waals surface area contributed by atoms with Crippen LogP contribution in [0.15, 0.2) is 194 Å². The summed E-state index contributed by atoms with van der Waals surface area (Å²) in [6.07, 6.45) is 0. The molecule has 0 N–H and O–H groups in total. The van der Waals surface area contributed by atoms with E-state index >= 15 is 0 Å². The first kappa shape index (κ1) is 36.1. The molecule has 0 saturated heterocycles. The third-order valence-corrected chi connectivity index (χ3v) is 13.2. The zero-order chi connectivity index (χ0) is 40.8. The molecular formula is C59H47N. The van der Waals surface area contributed by atoms with Crippen LogP contribution in [-0.2, 0) is 10.8 Å². The van der Waals surface area contributed by atoms with E-state index in [2.05, 4.69) is 234 Å². The van der Waals surface area contributed by atoms with E-state index in [1.165, 1.54) is 98.8 Å². The number of para-hydroxylation sites is 1. The van der Waals surface area contributed by atoms with Crippen molar-refractivity contribution in [1.82, 2.24) is 0 Å². The fourth-order valence-electron chi connectivity index (χ4n) is 9.98. The van der Waals surface area contributed by atoms with Crippen molar-refractivity contribution in [3.8, 4) is 33.4 Å². The minimum Gasteiger partial charge on any atom is -0.310 e. The van der Waals surface area contributed by atoms with E-state index in [4.69, 9.17) is 0 Å². The number of fused-ring (bicyclic) bond motifs is 9. The highest BCUT2D eigenvalue weighted by molar-refractivity contribution is 6.26. The molecule has 0 unspecified atom stereocenters. The third kappa shape index (κ3) is 5.75. The standard InChI is InChI=1S/C59H47N/c1-58(2,3)43-26-28-45(29-27-43)60(44-17-7-6-8-18-44)46-30-32-50-49-31-25-41(36-55(49)59(4,5)56(50)37-46)54-35-42-34-53(40-24-23-38-15-9-10-16-39(38)33-40)47-19-11-13-21-51(47)57(42)52-22-14-12-20-48(52)54/h6-37H,1-5H3. The third-order valence-electron chi connectivity index (χ3n) is 13.2. The second-order valence-electron chi connectivity index (χ2n) is 18.2. The number of anilines is 3. The molecule has 0 bridgehead atoms. The molecule has 0 radical (unpaired) electrons. The van der Waals surface area contributed by atoms with Crippen LogP contribution in [0.5, 0.6) is 0 Å². The van der Waals surface area contributed by atoms with E-state index in [0.717, 1.165) is 11.4 Å². The molecule has 0 aliphatic heterocycles. The van der Waals surface area contributed by atoms with E-state index in [9.17, 15) is 0 Å². The van der Waals surface area contributed by atoms with Gasteiger partial charge in [-0.2, -0.15) is 0 Å². The molecule has 1 aliphatic carbocycles.